The molecule has 0 aliphatic heterocycles. The number of hydrogen-bond donors (Lipinski definition) is 1. The molecule has 1 aromatic heterocycles. The first-order valence-electron chi connectivity index (χ1n) is 8.77. The number of aromatic nitrogens is 1. The zero-order valence-corrected chi connectivity index (χ0v) is 16.7. The summed E-state index contributed by atoms with van der Waals surface area (Å²) in [6.45, 7) is 2.84. The van der Waals surface area contributed by atoms with Gasteiger partial charge in [-0.3, -0.25) is 10.2 Å². The Morgan fingerprint density at radius 2 is 2.15 bits per heavy atom. The maximum atomic E-state index is 11.2. The van der Waals surface area contributed by atoms with Crippen LogP contribution in [0.5, 0.6) is 11.5 Å². The van der Waals surface area contributed by atoms with Crippen LogP contribution in [-0.4, -0.2) is 38.0 Å². The number of ether oxygens (including phenoxy) is 3. The van der Waals surface area contributed by atoms with Crippen LogP contribution in [0, 0.1) is 0 Å². The Hall–Kier alpha value is -2.61. The van der Waals surface area contributed by atoms with Crippen LogP contribution in [0.4, 0.5) is 5.13 Å². The molecule has 0 aliphatic rings. The van der Waals surface area contributed by atoms with Crippen molar-refractivity contribution < 1.29 is 19.0 Å². The van der Waals surface area contributed by atoms with Crippen LogP contribution in [0.3, 0.4) is 0 Å². The molecule has 0 unspecified atom stereocenters. The molecular weight excluding hydrogens is 366 g/mol. The predicted octanol–water partition coefficient (Wildman–Crippen LogP) is 3.88. The summed E-state index contributed by atoms with van der Waals surface area (Å²) in [6, 6.07) is 5.66. The average molecular weight is 391 g/mol. The molecule has 0 atom stereocenters. The van der Waals surface area contributed by atoms with Crippen LogP contribution in [0.2, 0.25) is 0 Å². The van der Waals surface area contributed by atoms with Gasteiger partial charge in [0.05, 0.1) is 39.2 Å². The number of anilines is 1. The third-order valence-corrected chi connectivity index (χ3v) is 4.47. The Morgan fingerprint density at radius 1 is 1.30 bits per heavy atom. The molecule has 0 bridgehead atoms. The van der Waals surface area contributed by atoms with Crippen LogP contribution >= 0.6 is 11.3 Å². The lowest BCUT2D eigenvalue weighted by atomic mass is 10.2. The van der Waals surface area contributed by atoms with Crippen LogP contribution < -0.4 is 14.9 Å². The van der Waals surface area contributed by atoms with Crippen LogP contribution in [-0.2, 0) is 16.0 Å². The highest BCUT2D eigenvalue weighted by molar-refractivity contribution is 7.13. The van der Waals surface area contributed by atoms with E-state index in [2.05, 4.69) is 27.2 Å². The minimum Gasteiger partial charge on any atom is -0.493 e. The van der Waals surface area contributed by atoms with Crippen molar-refractivity contribution in [3.05, 3.63) is 34.8 Å². The van der Waals surface area contributed by atoms with Gasteiger partial charge in [-0.25, -0.2) is 4.98 Å². The number of thiazole rings is 1. The number of nitrogens with one attached hydrogen (secondary N) is 1. The molecule has 1 aromatic carbocycles. The van der Waals surface area contributed by atoms with E-state index in [1.54, 1.807) is 18.7 Å². The highest BCUT2D eigenvalue weighted by Gasteiger charge is 2.07. The fourth-order valence-corrected chi connectivity index (χ4v) is 2.90. The molecule has 0 amide bonds. The van der Waals surface area contributed by atoms with Gasteiger partial charge in [0.15, 0.2) is 11.5 Å². The third kappa shape index (κ3) is 6.90. The summed E-state index contributed by atoms with van der Waals surface area (Å²) in [7, 11) is 2.97. The van der Waals surface area contributed by atoms with E-state index in [-0.39, 0.29) is 12.4 Å². The first-order valence-corrected chi connectivity index (χ1v) is 9.65. The Bertz CT molecular complexity index is 761. The van der Waals surface area contributed by atoms with Crippen LogP contribution in [0.25, 0.3) is 0 Å². The van der Waals surface area contributed by atoms with E-state index in [1.165, 1.54) is 18.4 Å². The minimum absolute atomic E-state index is 0.148. The summed E-state index contributed by atoms with van der Waals surface area (Å²) in [5.74, 6) is 1.08. The molecule has 1 heterocycles. The largest absolute Gasteiger partial charge is 0.493 e. The Kier molecular flexibility index (Phi) is 8.57. The molecule has 0 spiro atoms. The number of carbonyl (C=O) groups is 1. The molecule has 7 nitrogen and oxygen atoms in total. The van der Waals surface area contributed by atoms with Crippen LogP contribution in [0.1, 0.15) is 37.4 Å². The van der Waals surface area contributed by atoms with Crippen molar-refractivity contribution in [1.29, 1.82) is 0 Å². The second-order valence-electron chi connectivity index (χ2n) is 5.73. The Morgan fingerprint density at radius 3 is 2.89 bits per heavy atom. The van der Waals surface area contributed by atoms with Crippen molar-refractivity contribution in [2.24, 2.45) is 5.10 Å². The summed E-state index contributed by atoms with van der Waals surface area (Å²) < 4.78 is 15.8. The van der Waals surface area contributed by atoms with Crippen LogP contribution in [0.15, 0.2) is 28.7 Å². The number of esters is 1. The first-order chi connectivity index (χ1) is 13.2. The van der Waals surface area contributed by atoms with Gasteiger partial charge in [-0.15, -0.1) is 11.3 Å². The van der Waals surface area contributed by atoms with E-state index in [1.807, 2.05) is 18.2 Å². The number of carbonyl (C=O) groups excluding carboxylic acids is 1. The van der Waals surface area contributed by atoms with Gasteiger partial charge in [-0.1, -0.05) is 19.8 Å². The monoisotopic (exact) mass is 391 g/mol. The molecule has 0 aliphatic carbocycles. The highest BCUT2D eigenvalue weighted by atomic mass is 32.1. The number of methoxy groups -OCH3 is 2. The molecule has 146 valence electrons. The lowest BCUT2D eigenvalue weighted by molar-refractivity contribution is -0.139. The highest BCUT2D eigenvalue weighted by Crippen LogP contribution is 2.28. The van der Waals surface area contributed by atoms with Crippen molar-refractivity contribution in [2.45, 2.75) is 32.6 Å². The van der Waals surface area contributed by atoms with E-state index in [0.717, 1.165) is 30.6 Å². The zero-order valence-electron chi connectivity index (χ0n) is 15.9. The van der Waals surface area contributed by atoms with Gasteiger partial charge in [0.25, 0.3) is 0 Å². The molecule has 8 heteroatoms. The van der Waals surface area contributed by atoms with E-state index in [4.69, 9.17) is 9.47 Å². The quantitative estimate of drug-likeness (QED) is 0.271. The summed E-state index contributed by atoms with van der Waals surface area (Å²) in [5, 5.41) is 6.58. The summed E-state index contributed by atoms with van der Waals surface area (Å²) in [6.07, 6.45) is 5.15. The number of rotatable bonds is 11. The van der Waals surface area contributed by atoms with Crippen molar-refractivity contribution >= 4 is 28.7 Å². The normalized spacial score (nSPS) is 10.8. The molecule has 0 saturated heterocycles. The third-order valence-electron chi connectivity index (χ3n) is 3.67. The number of unbranched alkanes of at least 4 members (excludes halogenated alkanes) is 2. The second-order valence-corrected chi connectivity index (χ2v) is 6.59. The SMILES string of the molecule is CCCCCOc1ccc(/C=N\Nc2nc(CC(=O)OC)cs2)cc1OC. The van der Waals surface area contributed by atoms with Gasteiger partial charge in [-0.2, -0.15) is 5.10 Å². The lowest BCUT2D eigenvalue weighted by Crippen LogP contribution is -2.04. The number of nitrogens with zero attached hydrogens (tertiary/aromatic N) is 2. The predicted molar refractivity (Wildman–Crippen MR) is 107 cm³/mol. The maximum absolute atomic E-state index is 11.2. The van der Waals surface area contributed by atoms with Gasteiger partial charge < -0.3 is 14.2 Å². The molecule has 2 aromatic rings. The molecule has 2 rings (SSSR count). The van der Waals surface area contributed by atoms with Crippen molar-refractivity contribution in [1.82, 2.24) is 4.98 Å². The van der Waals surface area contributed by atoms with Crippen molar-refractivity contribution in [3.8, 4) is 11.5 Å². The molecule has 0 radical (unpaired) electrons. The van der Waals surface area contributed by atoms with Gasteiger partial charge >= 0.3 is 5.97 Å². The Balaban J connectivity index is 1.91. The number of hydrazone groups is 1. The zero-order chi connectivity index (χ0) is 19.5. The standard InChI is InChI=1S/C19H25N3O4S/c1-4-5-6-9-26-16-8-7-14(10-17(16)24-2)12-20-22-19-21-15(13-27-19)11-18(23)25-3/h7-8,10,12-13H,4-6,9,11H2,1-3H3,(H,21,22)/b20-12-. The smallest absolute Gasteiger partial charge is 0.311 e. The van der Waals surface area contributed by atoms with E-state index in [9.17, 15) is 4.79 Å². The molecule has 0 fully saturated rings. The Labute approximate surface area is 163 Å². The topological polar surface area (TPSA) is 82.0 Å². The fraction of sp³-hybridized carbons (Fsp3) is 0.421. The minimum atomic E-state index is -0.320. The summed E-state index contributed by atoms with van der Waals surface area (Å²) >= 11 is 1.37. The number of hydrogen-bond acceptors (Lipinski definition) is 8. The van der Waals surface area contributed by atoms with Gasteiger partial charge in [0.1, 0.15) is 0 Å². The van der Waals surface area contributed by atoms with E-state index < -0.39 is 0 Å². The molecule has 1 N–H and O–H groups in total. The molecular formula is C19H25N3O4S. The maximum Gasteiger partial charge on any atom is 0.311 e. The van der Waals surface area contributed by atoms with E-state index in [0.29, 0.717) is 23.2 Å². The van der Waals surface area contributed by atoms with Gasteiger partial charge in [0, 0.05) is 5.38 Å². The summed E-state index contributed by atoms with van der Waals surface area (Å²) in [5.41, 5.74) is 4.37. The van der Waals surface area contributed by atoms with Gasteiger partial charge in [-0.05, 0) is 30.2 Å². The fourth-order valence-electron chi connectivity index (χ4n) is 2.24. The average Bonchev–Trinajstić information content (AvgIpc) is 3.12. The lowest BCUT2D eigenvalue weighted by Gasteiger charge is -2.11. The summed E-state index contributed by atoms with van der Waals surface area (Å²) in [4.78, 5) is 15.5. The van der Waals surface area contributed by atoms with E-state index >= 15 is 0 Å². The van der Waals surface area contributed by atoms with Crippen molar-refractivity contribution in [3.63, 3.8) is 0 Å². The van der Waals surface area contributed by atoms with Crippen molar-refractivity contribution in [2.75, 3.05) is 26.3 Å². The molecule has 27 heavy (non-hydrogen) atoms. The number of benzene rings is 1. The first kappa shape index (κ1) is 20.7. The second kappa shape index (κ2) is 11.2. The van der Waals surface area contributed by atoms with Gasteiger partial charge in [0.2, 0.25) is 5.13 Å². The molecule has 0 saturated carbocycles.